The van der Waals surface area contributed by atoms with E-state index in [1.54, 1.807) is 12.1 Å². The minimum absolute atomic E-state index is 0.0729. The molecule has 0 unspecified atom stereocenters. The molecular formula is C13H18N2O4. The number of aliphatic carboxylic acids is 1. The number of carboxylic acid groups (broad SMARTS) is 1. The third-order valence-corrected chi connectivity index (χ3v) is 2.44. The van der Waals surface area contributed by atoms with Crippen molar-refractivity contribution in [3.8, 4) is 0 Å². The third-order valence-electron chi connectivity index (χ3n) is 2.44. The highest BCUT2D eigenvalue weighted by atomic mass is 16.4. The average molecular weight is 266 g/mol. The number of rotatable bonds is 6. The number of hydrogen-bond acceptors (Lipinski definition) is 3. The highest BCUT2D eigenvalue weighted by Gasteiger charge is 2.20. The fourth-order valence-electron chi connectivity index (χ4n) is 1.50. The van der Waals surface area contributed by atoms with Crippen LogP contribution in [0.1, 0.15) is 12.5 Å². The third kappa shape index (κ3) is 5.87. The Hall–Kier alpha value is -2.08. The Balaban J connectivity index is 2.54. The van der Waals surface area contributed by atoms with Crippen LogP contribution in [0.25, 0.3) is 0 Å². The molecule has 0 aliphatic heterocycles. The molecule has 0 fully saturated rings. The van der Waals surface area contributed by atoms with Crippen molar-refractivity contribution in [3.05, 3.63) is 35.9 Å². The van der Waals surface area contributed by atoms with Gasteiger partial charge in [-0.3, -0.25) is 0 Å². The number of benzene rings is 1. The summed E-state index contributed by atoms with van der Waals surface area (Å²) in [6, 6.07) is 7.43. The van der Waals surface area contributed by atoms with Gasteiger partial charge in [0.15, 0.2) is 0 Å². The van der Waals surface area contributed by atoms with Crippen molar-refractivity contribution in [3.63, 3.8) is 0 Å². The second kappa shape index (κ2) is 7.38. The van der Waals surface area contributed by atoms with Crippen LogP contribution in [0.5, 0.6) is 0 Å². The minimum Gasteiger partial charge on any atom is -0.480 e. The summed E-state index contributed by atoms with van der Waals surface area (Å²) >= 11 is 0. The maximum absolute atomic E-state index is 11.5. The molecule has 0 heterocycles. The molecule has 0 bridgehead atoms. The molecule has 0 aliphatic rings. The Kier molecular flexibility index (Phi) is 5.81. The van der Waals surface area contributed by atoms with Crippen LogP contribution in [-0.4, -0.2) is 40.9 Å². The second-order valence-electron chi connectivity index (χ2n) is 4.28. The summed E-state index contributed by atoms with van der Waals surface area (Å²) in [6.07, 6.45) is -0.471. The molecule has 0 radical (unpaired) electrons. The maximum Gasteiger partial charge on any atom is 0.326 e. The number of aliphatic hydroxyl groups is 1. The molecule has 6 heteroatoms. The molecule has 2 amide bonds. The molecule has 4 N–H and O–H groups in total. The van der Waals surface area contributed by atoms with Crippen LogP contribution >= 0.6 is 0 Å². The van der Waals surface area contributed by atoms with Gasteiger partial charge in [0.05, 0.1) is 6.10 Å². The van der Waals surface area contributed by atoms with Crippen molar-refractivity contribution < 1.29 is 19.8 Å². The molecule has 1 rings (SSSR count). The van der Waals surface area contributed by atoms with Gasteiger partial charge < -0.3 is 20.8 Å². The van der Waals surface area contributed by atoms with E-state index in [4.69, 9.17) is 10.2 Å². The lowest BCUT2D eigenvalue weighted by molar-refractivity contribution is -0.139. The van der Waals surface area contributed by atoms with Crippen molar-refractivity contribution >= 4 is 12.0 Å². The number of hydrogen-bond donors (Lipinski definition) is 4. The first-order chi connectivity index (χ1) is 8.99. The highest BCUT2D eigenvalue weighted by molar-refractivity contribution is 5.82. The van der Waals surface area contributed by atoms with Gasteiger partial charge in [-0.25, -0.2) is 9.59 Å². The zero-order valence-electron chi connectivity index (χ0n) is 10.7. The number of amides is 2. The molecule has 0 spiro atoms. The van der Waals surface area contributed by atoms with Crippen LogP contribution < -0.4 is 10.6 Å². The average Bonchev–Trinajstić information content (AvgIpc) is 2.36. The molecule has 2 atom stereocenters. The van der Waals surface area contributed by atoms with Gasteiger partial charge in [-0.2, -0.15) is 0 Å². The van der Waals surface area contributed by atoms with Crippen molar-refractivity contribution in [2.24, 2.45) is 0 Å². The summed E-state index contributed by atoms with van der Waals surface area (Å²) in [4.78, 5) is 22.5. The smallest absolute Gasteiger partial charge is 0.326 e. The lowest BCUT2D eigenvalue weighted by atomic mass is 10.1. The Bertz CT molecular complexity index is 420. The van der Waals surface area contributed by atoms with Crippen molar-refractivity contribution in [2.75, 3.05) is 6.54 Å². The molecule has 104 valence electrons. The summed E-state index contributed by atoms with van der Waals surface area (Å²) in [5.41, 5.74) is 0.825. The van der Waals surface area contributed by atoms with E-state index in [2.05, 4.69) is 10.6 Å². The van der Waals surface area contributed by atoms with Gasteiger partial charge in [0.25, 0.3) is 0 Å². The molecule has 19 heavy (non-hydrogen) atoms. The Labute approximate surface area is 111 Å². The summed E-state index contributed by atoms with van der Waals surface area (Å²) in [5.74, 6) is -1.10. The van der Waals surface area contributed by atoms with E-state index in [1.165, 1.54) is 6.92 Å². The van der Waals surface area contributed by atoms with Gasteiger partial charge in [-0.05, 0) is 12.5 Å². The largest absolute Gasteiger partial charge is 0.480 e. The van der Waals surface area contributed by atoms with Crippen LogP contribution in [0.3, 0.4) is 0 Å². The monoisotopic (exact) mass is 266 g/mol. The van der Waals surface area contributed by atoms with Gasteiger partial charge in [-0.15, -0.1) is 0 Å². The molecule has 0 saturated carbocycles. The van der Waals surface area contributed by atoms with E-state index >= 15 is 0 Å². The van der Waals surface area contributed by atoms with Crippen molar-refractivity contribution in [1.29, 1.82) is 0 Å². The topological polar surface area (TPSA) is 98.7 Å². The fraction of sp³-hybridized carbons (Fsp3) is 0.385. The second-order valence-corrected chi connectivity index (χ2v) is 4.28. The van der Waals surface area contributed by atoms with E-state index in [9.17, 15) is 9.59 Å². The van der Waals surface area contributed by atoms with Crippen molar-refractivity contribution in [2.45, 2.75) is 25.5 Å². The van der Waals surface area contributed by atoms with E-state index in [1.807, 2.05) is 18.2 Å². The molecule has 1 aromatic rings. The standard InChI is InChI=1S/C13H18N2O4/c1-9(16)8-14-13(19)15-11(12(17)18)7-10-5-3-2-4-6-10/h2-6,9,11,16H,7-8H2,1H3,(H,17,18)(H2,14,15,19)/t9-,11+/m1/s1. The first kappa shape index (κ1) is 15.0. The number of carbonyl (C=O) groups is 2. The SMILES string of the molecule is C[C@@H](O)CNC(=O)N[C@@H](Cc1ccccc1)C(=O)O. The van der Waals surface area contributed by atoms with Crippen LogP contribution in [0.4, 0.5) is 4.79 Å². The van der Waals surface area contributed by atoms with Gasteiger partial charge >= 0.3 is 12.0 Å². The minimum atomic E-state index is -1.10. The summed E-state index contributed by atoms with van der Waals surface area (Å²) in [5, 5.41) is 22.8. The van der Waals surface area contributed by atoms with Gasteiger partial charge in [0.1, 0.15) is 6.04 Å². The van der Waals surface area contributed by atoms with E-state index in [0.29, 0.717) is 0 Å². The highest BCUT2D eigenvalue weighted by Crippen LogP contribution is 2.03. The number of carbonyl (C=O) groups excluding carboxylic acids is 1. The van der Waals surface area contributed by atoms with Gasteiger partial charge in [-0.1, -0.05) is 30.3 Å². The Morgan fingerprint density at radius 3 is 2.42 bits per heavy atom. The number of aliphatic hydroxyl groups excluding tert-OH is 1. The molecule has 0 saturated heterocycles. The number of carboxylic acids is 1. The molecule has 0 aromatic heterocycles. The maximum atomic E-state index is 11.5. The molecule has 0 aliphatic carbocycles. The normalized spacial score (nSPS) is 13.4. The van der Waals surface area contributed by atoms with Gasteiger partial charge in [0, 0.05) is 13.0 Å². The zero-order valence-corrected chi connectivity index (χ0v) is 10.7. The Morgan fingerprint density at radius 1 is 1.26 bits per heavy atom. The summed E-state index contributed by atoms with van der Waals surface area (Å²) in [6.45, 7) is 1.60. The van der Waals surface area contributed by atoms with E-state index < -0.39 is 24.1 Å². The number of nitrogens with one attached hydrogen (secondary N) is 2. The van der Waals surface area contributed by atoms with E-state index in [-0.39, 0.29) is 13.0 Å². The Morgan fingerprint density at radius 2 is 1.89 bits per heavy atom. The molecular weight excluding hydrogens is 248 g/mol. The molecule has 1 aromatic carbocycles. The predicted molar refractivity (Wildman–Crippen MR) is 69.8 cm³/mol. The van der Waals surface area contributed by atoms with Crippen LogP contribution in [-0.2, 0) is 11.2 Å². The first-order valence-electron chi connectivity index (χ1n) is 5.98. The van der Waals surface area contributed by atoms with Crippen molar-refractivity contribution in [1.82, 2.24) is 10.6 Å². The lowest BCUT2D eigenvalue weighted by Crippen LogP contribution is -2.48. The summed E-state index contributed by atoms with van der Waals surface area (Å²) < 4.78 is 0. The van der Waals surface area contributed by atoms with Crippen LogP contribution in [0.15, 0.2) is 30.3 Å². The quantitative estimate of drug-likeness (QED) is 0.597. The first-order valence-corrected chi connectivity index (χ1v) is 5.98. The lowest BCUT2D eigenvalue weighted by Gasteiger charge is -2.15. The number of urea groups is 1. The van der Waals surface area contributed by atoms with Crippen LogP contribution in [0, 0.1) is 0 Å². The van der Waals surface area contributed by atoms with Crippen LogP contribution in [0.2, 0.25) is 0 Å². The summed E-state index contributed by atoms with van der Waals surface area (Å²) in [7, 11) is 0. The van der Waals surface area contributed by atoms with E-state index in [0.717, 1.165) is 5.56 Å². The zero-order chi connectivity index (χ0) is 14.3. The van der Waals surface area contributed by atoms with Gasteiger partial charge in [0.2, 0.25) is 0 Å². The molecule has 6 nitrogen and oxygen atoms in total. The predicted octanol–water partition coefficient (Wildman–Crippen LogP) is 0.362. The fourth-order valence-corrected chi connectivity index (χ4v) is 1.50.